The van der Waals surface area contributed by atoms with Gasteiger partial charge in [0.05, 0.1) is 19.2 Å². The molecule has 0 radical (unpaired) electrons. The van der Waals surface area contributed by atoms with Gasteiger partial charge in [-0.2, -0.15) is 0 Å². The van der Waals surface area contributed by atoms with Gasteiger partial charge >= 0.3 is 12.1 Å². The first-order valence-corrected chi connectivity index (χ1v) is 10.0. The van der Waals surface area contributed by atoms with Crippen molar-refractivity contribution < 1.29 is 23.5 Å². The molecule has 6 heteroatoms. The number of hydrogen-bond acceptors (Lipinski definition) is 4. The van der Waals surface area contributed by atoms with E-state index in [9.17, 15) is 14.0 Å². The fourth-order valence-electron chi connectivity index (χ4n) is 3.81. The molecular weight excluding hydrogens is 409 g/mol. The third-order valence-electron chi connectivity index (χ3n) is 5.22. The van der Waals surface area contributed by atoms with Gasteiger partial charge in [-0.1, -0.05) is 60.4 Å². The smallest absolute Gasteiger partial charge is 0.407 e. The Morgan fingerprint density at radius 1 is 1.00 bits per heavy atom. The third-order valence-corrected chi connectivity index (χ3v) is 5.22. The zero-order chi connectivity index (χ0) is 22.5. The molecule has 0 heterocycles. The number of carbonyl (C=O) groups is 2. The van der Waals surface area contributed by atoms with Crippen LogP contribution in [0.2, 0.25) is 0 Å². The normalized spacial score (nSPS) is 11.6. The molecule has 4 rings (SSSR count). The lowest BCUT2D eigenvalue weighted by Crippen LogP contribution is -2.26. The van der Waals surface area contributed by atoms with Crippen molar-refractivity contribution in [2.45, 2.75) is 5.92 Å². The van der Waals surface area contributed by atoms with Gasteiger partial charge in [0.15, 0.2) is 0 Å². The van der Waals surface area contributed by atoms with Crippen LogP contribution in [0.15, 0.2) is 66.7 Å². The van der Waals surface area contributed by atoms with Gasteiger partial charge in [0.25, 0.3) is 0 Å². The van der Waals surface area contributed by atoms with Crippen molar-refractivity contribution in [3.8, 4) is 23.0 Å². The van der Waals surface area contributed by atoms with Gasteiger partial charge in [0, 0.05) is 11.5 Å². The summed E-state index contributed by atoms with van der Waals surface area (Å²) >= 11 is 0. The summed E-state index contributed by atoms with van der Waals surface area (Å²) in [5.74, 6) is 4.17. The van der Waals surface area contributed by atoms with Gasteiger partial charge in [0.1, 0.15) is 12.4 Å². The first-order chi connectivity index (χ1) is 15.6. The van der Waals surface area contributed by atoms with Gasteiger partial charge in [-0.25, -0.2) is 14.0 Å². The number of carbonyl (C=O) groups excluding carboxylic acids is 2. The average Bonchev–Trinajstić information content (AvgIpc) is 3.13. The highest BCUT2D eigenvalue weighted by molar-refractivity contribution is 5.89. The molecule has 0 atom stereocenters. The minimum Gasteiger partial charge on any atom is -0.465 e. The Hall–Kier alpha value is -4.11. The summed E-state index contributed by atoms with van der Waals surface area (Å²) in [6.45, 7) is 0.223. The van der Waals surface area contributed by atoms with Crippen LogP contribution in [0, 0.1) is 17.7 Å². The number of nitrogens with one attached hydrogen (secondary N) is 1. The largest absolute Gasteiger partial charge is 0.465 e. The molecule has 0 saturated heterocycles. The van der Waals surface area contributed by atoms with Crippen molar-refractivity contribution >= 4 is 12.1 Å². The van der Waals surface area contributed by atoms with Crippen molar-refractivity contribution in [3.63, 3.8) is 0 Å². The highest BCUT2D eigenvalue weighted by atomic mass is 19.1. The van der Waals surface area contributed by atoms with Crippen molar-refractivity contribution in [1.82, 2.24) is 5.32 Å². The molecule has 0 aliphatic heterocycles. The van der Waals surface area contributed by atoms with Crippen molar-refractivity contribution in [1.29, 1.82) is 0 Å². The number of methoxy groups -OCH3 is 1. The minimum atomic E-state index is -0.649. The molecule has 0 fully saturated rings. The van der Waals surface area contributed by atoms with Crippen LogP contribution in [0.3, 0.4) is 0 Å². The number of hydrogen-bond donors (Lipinski definition) is 1. The maximum Gasteiger partial charge on any atom is 0.407 e. The quantitative estimate of drug-likeness (QED) is 0.490. The van der Waals surface area contributed by atoms with Crippen molar-refractivity contribution in [3.05, 3.63) is 94.8 Å². The molecule has 5 nitrogen and oxygen atoms in total. The van der Waals surface area contributed by atoms with E-state index in [1.54, 1.807) is 0 Å². The van der Waals surface area contributed by atoms with Gasteiger partial charge in [-0.05, 0) is 40.5 Å². The van der Waals surface area contributed by atoms with E-state index >= 15 is 0 Å². The molecule has 1 N–H and O–H groups in total. The van der Waals surface area contributed by atoms with Crippen LogP contribution in [-0.4, -0.2) is 32.3 Å². The number of ether oxygens (including phenoxy) is 2. The number of alkyl carbamates (subject to hydrolysis) is 1. The predicted octanol–water partition coefficient (Wildman–Crippen LogP) is 4.50. The monoisotopic (exact) mass is 429 g/mol. The highest BCUT2D eigenvalue weighted by Crippen LogP contribution is 2.44. The van der Waals surface area contributed by atoms with E-state index in [4.69, 9.17) is 4.74 Å². The van der Waals surface area contributed by atoms with E-state index in [0.29, 0.717) is 5.56 Å². The van der Waals surface area contributed by atoms with E-state index in [0.717, 1.165) is 28.3 Å². The molecule has 1 amide bonds. The zero-order valence-corrected chi connectivity index (χ0v) is 17.4. The summed E-state index contributed by atoms with van der Waals surface area (Å²) in [7, 11) is 1.22. The molecule has 1 aliphatic rings. The fraction of sp³-hybridized carbons (Fsp3) is 0.154. The first kappa shape index (κ1) is 21.1. The Kier molecular flexibility index (Phi) is 6.18. The lowest BCUT2D eigenvalue weighted by atomic mass is 9.98. The van der Waals surface area contributed by atoms with E-state index in [1.807, 2.05) is 36.4 Å². The third kappa shape index (κ3) is 4.47. The SMILES string of the molecule is COC(=O)c1cc(F)cc(C#CCNC(=O)OCC2c3ccccc3-c3ccccc32)c1. The second-order valence-electron chi connectivity index (χ2n) is 7.20. The van der Waals surface area contributed by atoms with Gasteiger partial charge in [0.2, 0.25) is 0 Å². The van der Waals surface area contributed by atoms with Crippen molar-refractivity contribution in [2.24, 2.45) is 0 Å². The number of amides is 1. The summed E-state index contributed by atoms with van der Waals surface area (Å²) in [4.78, 5) is 23.7. The number of halogens is 1. The Morgan fingerprint density at radius 2 is 1.66 bits per heavy atom. The standard InChI is InChI=1S/C26H20FNO4/c1-31-25(29)18-13-17(14-19(27)15-18)7-6-12-28-26(30)32-16-24-22-10-4-2-8-20(22)21-9-3-5-11-23(21)24/h2-5,8-11,13-15,24H,12,16H2,1H3,(H,28,30). The summed E-state index contributed by atoms with van der Waals surface area (Å²) in [5, 5.41) is 2.57. The number of fused-ring (bicyclic) bond motifs is 3. The van der Waals surface area contributed by atoms with E-state index in [1.165, 1.54) is 19.2 Å². The first-order valence-electron chi connectivity index (χ1n) is 10.0. The number of esters is 1. The summed E-state index contributed by atoms with van der Waals surface area (Å²) in [6, 6.07) is 19.9. The predicted molar refractivity (Wildman–Crippen MR) is 118 cm³/mol. The Bertz CT molecular complexity index is 1200. The van der Waals surface area contributed by atoms with Gasteiger partial charge < -0.3 is 14.8 Å². The second-order valence-corrected chi connectivity index (χ2v) is 7.20. The molecule has 0 unspecified atom stereocenters. The van der Waals surface area contributed by atoms with Crippen LogP contribution in [-0.2, 0) is 9.47 Å². The topological polar surface area (TPSA) is 64.6 Å². The fourth-order valence-corrected chi connectivity index (χ4v) is 3.81. The Labute approximate surface area is 185 Å². The Morgan fingerprint density at radius 3 is 2.31 bits per heavy atom. The second kappa shape index (κ2) is 9.36. The molecule has 160 valence electrons. The molecule has 0 saturated carbocycles. The maximum absolute atomic E-state index is 13.7. The average molecular weight is 429 g/mol. The van der Waals surface area contributed by atoms with Gasteiger partial charge in [-0.3, -0.25) is 0 Å². The van der Waals surface area contributed by atoms with Crippen LogP contribution in [0.25, 0.3) is 11.1 Å². The molecule has 0 aromatic heterocycles. The summed E-state index contributed by atoms with van der Waals surface area (Å²) in [6.07, 6.45) is -0.587. The molecule has 0 spiro atoms. The zero-order valence-electron chi connectivity index (χ0n) is 17.4. The minimum absolute atomic E-state index is 0.0146. The lowest BCUT2D eigenvalue weighted by Gasteiger charge is -2.14. The molecular formula is C26H20FNO4. The number of rotatable bonds is 4. The van der Waals surface area contributed by atoms with Gasteiger partial charge in [-0.15, -0.1) is 0 Å². The molecule has 0 bridgehead atoms. The Balaban J connectivity index is 1.35. The molecule has 1 aliphatic carbocycles. The van der Waals surface area contributed by atoms with Crippen LogP contribution in [0.1, 0.15) is 33.0 Å². The highest BCUT2D eigenvalue weighted by Gasteiger charge is 2.28. The lowest BCUT2D eigenvalue weighted by molar-refractivity contribution is 0.0600. The molecule has 3 aromatic carbocycles. The maximum atomic E-state index is 13.7. The molecule has 3 aromatic rings. The summed E-state index contributed by atoms with van der Waals surface area (Å²) in [5.41, 5.74) is 4.96. The van der Waals surface area contributed by atoms with Crippen molar-refractivity contribution in [2.75, 3.05) is 20.3 Å². The van der Waals surface area contributed by atoms with E-state index in [-0.39, 0.29) is 24.6 Å². The van der Waals surface area contributed by atoms with Crippen LogP contribution in [0.5, 0.6) is 0 Å². The van der Waals surface area contributed by atoms with E-state index < -0.39 is 17.9 Å². The summed E-state index contributed by atoms with van der Waals surface area (Å²) < 4.78 is 23.7. The van der Waals surface area contributed by atoms with Crippen LogP contribution in [0.4, 0.5) is 9.18 Å². The van der Waals surface area contributed by atoms with Crippen LogP contribution >= 0.6 is 0 Å². The molecule has 32 heavy (non-hydrogen) atoms. The number of benzene rings is 3. The van der Waals surface area contributed by atoms with Crippen LogP contribution < -0.4 is 5.32 Å². The van der Waals surface area contributed by atoms with E-state index in [2.05, 4.69) is 34.0 Å².